The topological polar surface area (TPSA) is 71.5 Å². The van der Waals surface area contributed by atoms with Gasteiger partial charge in [-0.3, -0.25) is 9.88 Å². The second kappa shape index (κ2) is 7.47. The molecule has 4 rings (SSSR count). The molecule has 6 nitrogen and oxygen atoms in total. The van der Waals surface area contributed by atoms with Gasteiger partial charge in [0.2, 0.25) is 10.0 Å². The van der Waals surface area contributed by atoms with Crippen molar-refractivity contribution < 1.29 is 13.2 Å². The van der Waals surface area contributed by atoms with Gasteiger partial charge in [-0.05, 0) is 31.9 Å². The van der Waals surface area contributed by atoms with Gasteiger partial charge in [0.05, 0.1) is 18.1 Å². The van der Waals surface area contributed by atoms with Crippen LogP contribution in [0.5, 0.6) is 0 Å². The zero-order valence-electron chi connectivity index (χ0n) is 15.7. The summed E-state index contributed by atoms with van der Waals surface area (Å²) >= 11 is 0. The van der Waals surface area contributed by atoms with Crippen molar-refractivity contribution in [2.75, 3.05) is 26.3 Å². The molecule has 1 saturated heterocycles. The van der Waals surface area contributed by atoms with E-state index in [4.69, 9.17) is 4.74 Å². The van der Waals surface area contributed by atoms with Gasteiger partial charge in [-0.25, -0.2) is 13.1 Å². The molecule has 1 aromatic carbocycles. The Bertz CT molecular complexity index is 898. The molecule has 1 aliphatic heterocycles. The molecule has 27 heavy (non-hydrogen) atoms. The number of pyridine rings is 1. The van der Waals surface area contributed by atoms with E-state index in [0.29, 0.717) is 10.3 Å². The fourth-order valence-electron chi connectivity index (χ4n) is 4.75. The molecule has 1 aromatic heterocycles. The summed E-state index contributed by atoms with van der Waals surface area (Å²) in [7, 11) is -3.64. The Labute approximate surface area is 161 Å². The van der Waals surface area contributed by atoms with Gasteiger partial charge in [-0.1, -0.05) is 25.0 Å². The highest BCUT2D eigenvalue weighted by atomic mass is 32.2. The Morgan fingerprint density at radius 1 is 1.19 bits per heavy atom. The van der Waals surface area contributed by atoms with Gasteiger partial charge in [-0.15, -0.1) is 0 Å². The number of nitrogens with zero attached hydrogens (tertiary/aromatic N) is 2. The maximum atomic E-state index is 13.3. The fourth-order valence-corrected chi connectivity index (χ4v) is 6.30. The molecule has 0 amide bonds. The summed E-state index contributed by atoms with van der Waals surface area (Å²) < 4.78 is 35.1. The number of benzene rings is 1. The molecule has 1 N–H and O–H groups in total. The second-order valence-electron chi connectivity index (χ2n) is 7.61. The lowest BCUT2D eigenvalue weighted by Gasteiger charge is -2.47. The van der Waals surface area contributed by atoms with Crippen LogP contribution in [0, 0.1) is 0 Å². The Morgan fingerprint density at radius 2 is 1.93 bits per heavy atom. The summed E-state index contributed by atoms with van der Waals surface area (Å²) in [6.45, 7) is 5.19. The SMILES string of the molecule is C[C@H](NS(=O)(=O)c1cccc2cnccc12)C1(N2CCOCC2)CCCC1. The molecular weight excluding hydrogens is 362 g/mol. The normalized spacial score (nSPS) is 22.1. The van der Waals surface area contributed by atoms with Crippen molar-refractivity contribution in [2.45, 2.75) is 49.1 Å². The van der Waals surface area contributed by atoms with Crippen LogP contribution in [0.3, 0.4) is 0 Å². The number of ether oxygens (including phenoxy) is 1. The molecular formula is C20H27N3O3S. The van der Waals surface area contributed by atoms with Crippen LogP contribution in [-0.4, -0.2) is 56.2 Å². The van der Waals surface area contributed by atoms with Gasteiger partial charge >= 0.3 is 0 Å². The average molecular weight is 390 g/mol. The largest absolute Gasteiger partial charge is 0.379 e. The van der Waals surface area contributed by atoms with Crippen LogP contribution in [0.2, 0.25) is 0 Å². The number of hydrogen-bond donors (Lipinski definition) is 1. The number of sulfonamides is 1. The van der Waals surface area contributed by atoms with Crippen molar-refractivity contribution in [3.8, 4) is 0 Å². The number of morpholine rings is 1. The highest BCUT2D eigenvalue weighted by Crippen LogP contribution is 2.39. The van der Waals surface area contributed by atoms with E-state index in [-0.39, 0.29) is 11.6 Å². The summed E-state index contributed by atoms with van der Waals surface area (Å²) in [6, 6.07) is 6.93. The number of rotatable bonds is 5. The Morgan fingerprint density at radius 3 is 2.67 bits per heavy atom. The monoisotopic (exact) mass is 389 g/mol. The summed E-state index contributed by atoms with van der Waals surface area (Å²) in [5.74, 6) is 0. The van der Waals surface area contributed by atoms with Gasteiger partial charge < -0.3 is 4.74 Å². The van der Waals surface area contributed by atoms with E-state index < -0.39 is 10.0 Å². The van der Waals surface area contributed by atoms with Crippen molar-refractivity contribution in [2.24, 2.45) is 0 Å². The lowest BCUT2D eigenvalue weighted by atomic mass is 9.87. The molecule has 1 atom stereocenters. The van der Waals surface area contributed by atoms with Gasteiger partial charge in [0.15, 0.2) is 0 Å². The Hall–Kier alpha value is -1.54. The van der Waals surface area contributed by atoms with Gasteiger partial charge in [0.1, 0.15) is 0 Å². The smallest absolute Gasteiger partial charge is 0.241 e. The van der Waals surface area contributed by atoms with Crippen LogP contribution in [0.1, 0.15) is 32.6 Å². The van der Waals surface area contributed by atoms with Crippen molar-refractivity contribution in [3.05, 3.63) is 36.7 Å². The first-order chi connectivity index (χ1) is 13.0. The van der Waals surface area contributed by atoms with Crippen molar-refractivity contribution in [1.82, 2.24) is 14.6 Å². The molecule has 2 aliphatic rings. The van der Waals surface area contributed by atoms with Crippen LogP contribution >= 0.6 is 0 Å². The highest BCUT2D eigenvalue weighted by Gasteiger charge is 2.45. The predicted octanol–water partition coefficient (Wildman–Crippen LogP) is 2.55. The van der Waals surface area contributed by atoms with E-state index in [1.807, 2.05) is 13.0 Å². The molecule has 1 saturated carbocycles. The van der Waals surface area contributed by atoms with Gasteiger partial charge in [-0.2, -0.15) is 0 Å². The molecule has 0 spiro atoms. The standard InChI is InChI=1S/C20H27N3O3S/c1-16(20(8-2-3-9-20)23-11-13-26-14-12-23)22-27(24,25)19-6-4-5-17-15-21-10-7-18(17)19/h4-7,10,15-16,22H,2-3,8-9,11-14H2,1H3/t16-/m0/s1. The lowest BCUT2D eigenvalue weighted by Crippen LogP contribution is -2.62. The fraction of sp³-hybridized carbons (Fsp3) is 0.550. The average Bonchev–Trinajstić information content (AvgIpc) is 3.19. The molecule has 0 radical (unpaired) electrons. The van der Waals surface area contributed by atoms with E-state index in [1.165, 1.54) is 0 Å². The molecule has 0 unspecified atom stereocenters. The number of aromatic nitrogens is 1. The van der Waals surface area contributed by atoms with Crippen molar-refractivity contribution >= 4 is 20.8 Å². The predicted molar refractivity (Wildman–Crippen MR) is 105 cm³/mol. The Kier molecular flexibility index (Phi) is 5.20. The first-order valence-electron chi connectivity index (χ1n) is 9.71. The van der Waals surface area contributed by atoms with Crippen molar-refractivity contribution in [3.63, 3.8) is 0 Å². The van der Waals surface area contributed by atoms with Gasteiger partial charge in [0.25, 0.3) is 0 Å². The maximum absolute atomic E-state index is 13.3. The zero-order valence-corrected chi connectivity index (χ0v) is 16.5. The molecule has 2 heterocycles. The molecule has 1 aliphatic carbocycles. The molecule has 7 heteroatoms. The van der Waals surface area contributed by atoms with E-state index in [1.54, 1.807) is 30.6 Å². The van der Waals surface area contributed by atoms with Crippen LogP contribution in [0.25, 0.3) is 10.8 Å². The Balaban J connectivity index is 1.64. The van der Waals surface area contributed by atoms with Crippen LogP contribution in [-0.2, 0) is 14.8 Å². The molecule has 146 valence electrons. The minimum Gasteiger partial charge on any atom is -0.379 e. The number of nitrogens with one attached hydrogen (secondary N) is 1. The minimum absolute atomic E-state index is 0.122. The summed E-state index contributed by atoms with van der Waals surface area (Å²) in [5, 5.41) is 1.54. The van der Waals surface area contributed by atoms with E-state index in [0.717, 1.165) is 57.4 Å². The number of hydrogen-bond acceptors (Lipinski definition) is 5. The maximum Gasteiger partial charge on any atom is 0.241 e. The lowest BCUT2D eigenvalue weighted by molar-refractivity contribution is -0.0304. The second-order valence-corrected chi connectivity index (χ2v) is 9.29. The third-order valence-electron chi connectivity index (χ3n) is 6.18. The zero-order chi connectivity index (χ0) is 18.9. The van der Waals surface area contributed by atoms with E-state index in [2.05, 4.69) is 14.6 Å². The third-order valence-corrected chi connectivity index (χ3v) is 7.78. The van der Waals surface area contributed by atoms with Crippen LogP contribution in [0.4, 0.5) is 0 Å². The van der Waals surface area contributed by atoms with Crippen molar-refractivity contribution in [1.29, 1.82) is 0 Å². The van der Waals surface area contributed by atoms with Crippen LogP contribution < -0.4 is 4.72 Å². The van der Waals surface area contributed by atoms with E-state index in [9.17, 15) is 8.42 Å². The molecule has 2 aromatic rings. The number of fused-ring (bicyclic) bond motifs is 1. The first kappa shape index (κ1) is 18.8. The summed E-state index contributed by atoms with van der Waals surface area (Å²) in [5.41, 5.74) is -0.122. The summed E-state index contributed by atoms with van der Waals surface area (Å²) in [6.07, 6.45) is 7.67. The third kappa shape index (κ3) is 3.49. The molecule has 2 fully saturated rings. The molecule has 0 bridgehead atoms. The highest BCUT2D eigenvalue weighted by molar-refractivity contribution is 7.89. The van der Waals surface area contributed by atoms with E-state index >= 15 is 0 Å². The first-order valence-corrected chi connectivity index (χ1v) is 11.2. The van der Waals surface area contributed by atoms with Gasteiger partial charge in [0, 0.05) is 47.8 Å². The minimum atomic E-state index is -3.64. The van der Waals surface area contributed by atoms with Crippen LogP contribution in [0.15, 0.2) is 41.6 Å². The summed E-state index contributed by atoms with van der Waals surface area (Å²) in [4.78, 5) is 6.87. The quantitative estimate of drug-likeness (QED) is 0.851.